The Morgan fingerprint density at radius 1 is 0.842 bits per heavy atom. The molecule has 6 nitrogen and oxygen atoms in total. The van der Waals surface area contributed by atoms with Crippen LogP contribution >= 0.6 is 0 Å². The van der Waals surface area contributed by atoms with Crippen LogP contribution in [0.4, 0.5) is 0 Å². The van der Waals surface area contributed by atoms with Crippen molar-refractivity contribution in [2.75, 3.05) is 5.75 Å². The molecule has 0 heterocycles. The van der Waals surface area contributed by atoms with E-state index in [1.54, 1.807) is 39.3 Å². The summed E-state index contributed by atoms with van der Waals surface area (Å²) in [5.74, 6) is -0.481. The standard InChI is InChI=1S/C9H22O6S2Si2/c1-18(2,3)14-16(10,11)8-7-9-17(12,13)15-19(4,5)6/h7-8H,9H2,1-6H3. The molecule has 0 aliphatic heterocycles. The third-order valence-electron chi connectivity index (χ3n) is 1.31. The summed E-state index contributed by atoms with van der Waals surface area (Å²) >= 11 is 0. The maximum absolute atomic E-state index is 11.6. The summed E-state index contributed by atoms with van der Waals surface area (Å²) in [5.41, 5.74) is 0. The molecule has 0 aliphatic rings. The Kier molecular flexibility index (Phi) is 6.18. The first-order valence-electron chi connectivity index (χ1n) is 5.67. The summed E-state index contributed by atoms with van der Waals surface area (Å²) in [5, 5.41) is 0.774. The molecule has 19 heavy (non-hydrogen) atoms. The van der Waals surface area contributed by atoms with Crippen LogP contribution in [0.2, 0.25) is 39.3 Å². The maximum Gasteiger partial charge on any atom is 0.280 e. The summed E-state index contributed by atoms with van der Waals surface area (Å²) in [7, 11) is -12.0. The molecule has 0 fully saturated rings. The summed E-state index contributed by atoms with van der Waals surface area (Å²) < 4.78 is 56.0. The molecule has 0 saturated heterocycles. The van der Waals surface area contributed by atoms with E-state index in [9.17, 15) is 16.8 Å². The first kappa shape index (κ1) is 19.0. The third kappa shape index (κ3) is 11.5. The molecule has 0 unspecified atom stereocenters. The number of hydrogen-bond acceptors (Lipinski definition) is 6. The summed E-state index contributed by atoms with van der Waals surface area (Å²) in [6, 6.07) is 0. The van der Waals surface area contributed by atoms with Gasteiger partial charge in [0, 0.05) is 0 Å². The van der Waals surface area contributed by atoms with Crippen LogP contribution in [0.15, 0.2) is 11.5 Å². The van der Waals surface area contributed by atoms with E-state index >= 15 is 0 Å². The second-order valence-corrected chi connectivity index (χ2v) is 18.5. The van der Waals surface area contributed by atoms with Gasteiger partial charge in [-0.1, -0.05) is 6.08 Å². The van der Waals surface area contributed by atoms with Crippen molar-refractivity contribution in [2.45, 2.75) is 39.3 Å². The van der Waals surface area contributed by atoms with Crippen molar-refractivity contribution in [2.24, 2.45) is 0 Å². The van der Waals surface area contributed by atoms with E-state index in [0.717, 1.165) is 11.5 Å². The molecular weight excluding hydrogens is 324 g/mol. The molecule has 0 amide bonds. The molecule has 0 rings (SSSR count). The minimum atomic E-state index is -3.83. The predicted molar refractivity (Wildman–Crippen MR) is 80.7 cm³/mol. The van der Waals surface area contributed by atoms with Crippen LogP contribution in [0.5, 0.6) is 0 Å². The number of hydrogen-bond donors (Lipinski definition) is 0. The highest BCUT2D eigenvalue weighted by Gasteiger charge is 2.24. The lowest BCUT2D eigenvalue weighted by atomic mass is 10.8. The van der Waals surface area contributed by atoms with Crippen LogP contribution < -0.4 is 0 Å². The highest BCUT2D eigenvalue weighted by Crippen LogP contribution is 2.11. The predicted octanol–water partition coefficient (Wildman–Crippen LogP) is 1.86. The second-order valence-electron chi connectivity index (χ2n) is 5.98. The molecule has 0 aliphatic carbocycles. The lowest BCUT2D eigenvalue weighted by Crippen LogP contribution is -2.30. The lowest BCUT2D eigenvalue weighted by Gasteiger charge is -2.16. The van der Waals surface area contributed by atoms with Gasteiger partial charge in [-0.3, -0.25) is 0 Å². The van der Waals surface area contributed by atoms with Crippen LogP contribution in [0.25, 0.3) is 0 Å². The van der Waals surface area contributed by atoms with Gasteiger partial charge in [-0.2, -0.15) is 8.42 Å². The van der Waals surface area contributed by atoms with Gasteiger partial charge in [0.25, 0.3) is 20.2 Å². The highest BCUT2D eigenvalue weighted by atomic mass is 32.2. The van der Waals surface area contributed by atoms with Gasteiger partial charge in [-0.15, -0.1) is 0 Å². The zero-order valence-electron chi connectivity index (χ0n) is 12.1. The van der Waals surface area contributed by atoms with Crippen LogP contribution in [0, 0.1) is 0 Å². The van der Waals surface area contributed by atoms with Gasteiger partial charge in [0.2, 0.25) is 16.6 Å². The van der Waals surface area contributed by atoms with Crippen molar-refractivity contribution in [3.8, 4) is 0 Å². The topological polar surface area (TPSA) is 86.7 Å². The lowest BCUT2D eigenvalue weighted by molar-refractivity contribution is 0.489. The van der Waals surface area contributed by atoms with Gasteiger partial charge in [0.05, 0.1) is 11.2 Å². The van der Waals surface area contributed by atoms with E-state index in [4.69, 9.17) is 7.74 Å². The van der Waals surface area contributed by atoms with Crippen LogP contribution in [-0.4, -0.2) is 39.2 Å². The van der Waals surface area contributed by atoms with Crippen LogP contribution in [0.1, 0.15) is 0 Å². The van der Waals surface area contributed by atoms with E-state index in [0.29, 0.717) is 0 Å². The fraction of sp³-hybridized carbons (Fsp3) is 0.778. The zero-order valence-corrected chi connectivity index (χ0v) is 15.8. The fourth-order valence-corrected chi connectivity index (χ4v) is 8.18. The van der Waals surface area contributed by atoms with E-state index in [1.807, 2.05) is 0 Å². The smallest absolute Gasteiger partial charge is 0.280 e. The van der Waals surface area contributed by atoms with Gasteiger partial charge in [0.15, 0.2) is 0 Å². The second kappa shape index (κ2) is 6.18. The first-order valence-corrected chi connectivity index (χ1v) is 15.5. The summed E-state index contributed by atoms with van der Waals surface area (Å²) in [6.45, 7) is 10.4. The Hall–Kier alpha value is -0.00623. The molecular formula is C9H22O6S2Si2. The van der Waals surface area contributed by atoms with Gasteiger partial charge in [0.1, 0.15) is 0 Å². The maximum atomic E-state index is 11.6. The average molecular weight is 347 g/mol. The normalized spacial score (nSPS) is 15.1. The Balaban J connectivity index is 4.70. The van der Waals surface area contributed by atoms with Crippen LogP contribution in [-0.2, 0) is 28.0 Å². The molecule has 10 heteroatoms. The monoisotopic (exact) mass is 346 g/mol. The fourth-order valence-electron chi connectivity index (χ4n) is 1.07. The minimum absolute atomic E-state index is 0.481. The van der Waals surface area contributed by atoms with Crippen molar-refractivity contribution in [3.63, 3.8) is 0 Å². The molecule has 0 radical (unpaired) electrons. The first-order chi connectivity index (χ1) is 8.12. The van der Waals surface area contributed by atoms with E-state index in [1.165, 1.54) is 0 Å². The van der Waals surface area contributed by atoms with Gasteiger partial charge < -0.3 is 7.74 Å². The quantitative estimate of drug-likeness (QED) is 0.654. The van der Waals surface area contributed by atoms with Gasteiger partial charge >= 0.3 is 0 Å². The average Bonchev–Trinajstić information content (AvgIpc) is 1.90. The Morgan fingerprint density at radius 3 is 1.63 bits per heavy atom. The Morgan fingerprint density at radius 2 is 1.26 bits per heavy atom. The van der Waals surface area contributed by atoms with Gasteiger partial charge in [-0.05, 0) is 39.3 Å². The largest absolute Gasteiger partial charge is 0.315 e. The van der Waals surface area contributed by atoms with Crippen LogP contribution in [0.3, 0.4) is 0 Å². The van der Waals surface area contributed by atoms with Gasteiger partial charge in [-0.25, -0.2) is 8.42 Å². The van der Waals surface area contributed by atoms with Crippen molar-refractivity contribution in [1.29, 1.82) is 0 Å². The molecule has 0 spiro atoms. The minimum Gasteiger partial charge on any atom is -0.315 e. The molecule has 0 aromatic carbocycles. The highest BCUT2D eigenvalue weighted by molar-refractivity contribution is 7.91. The summed E-state index contributed by atoms with van der Waals surface area (Å²) in [6.07, 6.45) is 1.03. The van der Waals surface area contributed by atoms with E-state index < -0.39 is 42.6 Å². The van der Waals surface area contributed by atoms with Crippen molar-refractivity contribution in [1.82, 2.24) is 0 Å². The molecule has 0 bridgehead atoms. The molecule has 0 saturated carbocycles. The molecule has 0 aromatic rings. The van der Waals surface area contributed by atoms with Crippen molar-refractivity contribution >= 4 is 36.9 Å². The Labute approximate surface area is 118 Å². The van der Waals surface area contributed by atoms with E-state index in [-0.39, 0.29) is 0 Å². The molecule has 0 atom stereocenters. The number of rotatable bonds is 7. The van der Waals surface area contributed by atoms with Crippen molar-refractivity contribution in [3.05, 3.63) is 11.5 Å². The molecule has 0 N–H and O–H groups in total. The zero-order chi connectivity index (χ0) is 15.5. The molecule has 114 valence electrons. The SMILES string of the molecule is C[Si](C)(C)OS(=O)(=O)C=CCS(=O)(=O)O[Si](C)(C)C. The third-order valence-corrected chi connectivity index (χ3v) is 8.38. The van der Waals surface area contributed by atoms with E-state index in [2.05, 4.69) is 0 Å². The Bertz CT molecular complexity index is 522. The van der Waals surface area contributed by atoms with Crippen molar-refractivity contribution < 1.29 is 24.6 Å². The molecule has 0 aromatic heterocycles. The summed E-state index contributed by atoms with van der Waals surface area (Å²) in [4.78, 5) is 0.